The third-order valence-corrected chi connectivity index (χ3v) is 2.55. The van der Waals surface area contributed by atoms with Crippen molar-refractivity contribution in [3.63, 3.8) is 0 Å². The first-order valence-corrected chi connectivity index (χ1v) is 6.53. The van der Waals surface area contributed by atoms with Crippen molar-refractivity contribution in [2.24, 2.45) is 0 Å². The summed E-state index contributed by atoms with van der Waals surface area (Å²) >= 11 is 0. The monoisotopic (exact) mass is 326 g/mol. The number of nitrogens with one attached hydrogen (secondary N) is 1. The topological polar surface area (TPSA) is 171 Å². The fraction of sp³-hybridized carbons (Fsp3) is 0.357. The van der Waals surface area contributed by atoms with E-state index in [1.54, 1.807) is 6.07 Å². The van der Waals surface area contributed by atoms with Gasteiger partial charge in [0.25, 0.3) is 0 Å². The van der Waals surface area contributed by atoms with Crippen LogP contribution in [-0.4, -0.2) is 50.6 Å². The highest BCUT2D eigenvalue weighted by atomic mass is 16.4. The van der Waals surface area contributed by atoms with Crippen LogP contribution in [0, 0.1) is 11.3 Å². The van der Waals surface area contributed by atoms with Gasteiger partial charge in [-0.1, -0.05) is 6.07 Å². The molecule has 6 N–H and O–H groups in total. The SMILES string of the molecule is N#CCCCNC[C@H](O)c1ccc(O)c(O)c1.O=C(O)C(=O)O. The zero-order chi connectivity index (χ0) is 17.8. The molecule has 0 unspecified atom stereocenters. The number of carbonyl (C=O) groups is 2. The van der Waals surface area contributed by atoms with Gasteiger partial charge in [0, 0.05) is 13.0 Å². The van der Waals surface area contributed by atoms with Gasteiger partial charge in [-0.3, -0.25) is 0 Å². The van der Waals surface area contributed by atoms with E-state index in [4.69, 9.17) is 30.2 Å². The predicted octanol–water partition coefficient (Wildman–Crippen LogP) is 0.180. The average Bonchev–Trinajstić information content (AvgIpc) is 2.50. The normalized spacial score (nSPS) is 10.8. The number of hydrogen-bond acceptors (Lipinski definition) is 7. The summed E-state index contributed by atoms with van der Waals surface area (Å²) in [6.45, 7) is 1.00. The van der Waals surface area contributed by atoms with Crippen molar-refractivity contribution >= 4 is 11.9 Å². The zero-order valence-electron chi connectivity index (χ0n) is 12.1. The molecule has 9 heteroatoms. The van der Waals surface area contributed by atoms with Crippen LogP contribution >= 0.6 is 0 Å². The standard InChI is InChI=1S/C12H16N2O3.C2H2O4/c13-5-1-2-6-14-8-12(17)9-3-4-10(15)11(16)7-9;3-1(4)2(5)6/h3-4,7,12,14-17H,1-2,6,8H2;(H,3,4)(H,5,6)/t12-;/m0./s1. The highest BCUT2D eigenvalue weighted by Gasteiger charge is 2.09. The summed E-state index contributed by atoms with van der Waals surface area (Å²) in [5.74, 6) is -4.10. The molecular weight excluding hydrogens is 308 g/mol. The summed E-state index contributed by atoms with van der Waals surface area (Å²) in [6, 6.07) is 6.26. The number of benzene rings is 1. The Labute approximate surface area is 132 Å². The molecular formula is C14H18N2O7. The number of carboxylic acids is 2. The fourth-order valence-corrected chi connectivity index (χ4v) is 1.40. The molecule has 0 aliphatic heterocycles. The van der Waals surface area contributed by atoms with E-state index in [2.05, 4.69) is 5.32 Å². The number of hydrogen-bond donors (Lipinski definition) is 6. The largest absolute Gasteiger partial charge is 0.504 e. The molecule has 0 saturated carbocycles. The van der Waals surface area contributed by atoms with Crippen molar-refractivity contribution in [2.75, 3.05) is 13.1 Å². The minimum absolute atomic E-state index is 0.206. The molecule has 0 spiro atoms. The van der Waals surface area contributed by atoms with Crippen LogP contribution in [0.5, 0.6) is 11.5 Å². The Morgan fingerprint density at radius 2 is 1.78 bits per heavy atom. The Morgan fingerprint density at radius 3 is 2.26 bits per heavy atom. The number of aliphatic hydroxyl groups is 1. The number of carboxylic acid groups (broad SMARTS) is 2. The van der Waals surface area contributed by atoms with Gasteiger partial charge in [-0.2, -0.15) is 5.26 Å². The minimum atomic E-state index is -1.82. The lowest BCUT2D eigenvalue weighted by molar-refractivity contribution is -0.159. The molecule has 1 aromatic rings. The van der Waals surface area contributed by atoms with Gasteiger partial charge < -0.3 is 30.8 Å². The van der Waals surface area contributed by atoms with Gasteiger partial charge in [0.2, 0.25) is 0 Å². The lowest BCUT2D eigenvalue weighted by atomic mass is 10.1. The molecule has 1 rings (SSSR count). The van der Waals surface area contributed by atoms with Crippen LogP contribution in [0.1, 0.15) is 24.5 Å². The maximum absolute atomic E-state index is 9.77. The van der Waals surface area contributed by atoms with E-state index >= 15 is 0 Å². The van der Waals surface area contributed by atoms with Crippen LogP contribution in [0.4, 0.5) is 0 Å². The molecule has 0 amide bonds. The van der Waals surface area contributed by atoms with E-state index in [1.165, 1.54) is 12.1 Å². The molecule has 0 bridgehead atoms. The van der Waals surface area contributed by atoms with Crippen LogP contribution in [0.3, 0.4) is 0 Å². The highest BCUT2D eigenvalue weighted by molar-refractivity contribution is 6.27. The predicted molar refractivity (Wildman–Crippen MR) is 77.7 cm³/mol. The molecule has 0 fully saturated rings. The van der Waals surface area contributed by atoms with Crippen LogP contribution in [0.2, 0.25) is 0 Å². The maximum Gasteiger partial charge on any atom is 0.414 e. The van der Waals surface area contributed by atoms with Crippen LogP contribution in [0.25, 0.3) is 0 Å². The number of phenols is 2. The van der Waals surface area contributed by atoms with Gasteiger partial charge in [0.05, 0.1) is 12.2 Å². The molecule has 0 aromatic heterocycles. The smallest absolute Gasteiger partial charge is 0.414 e. The van der Waals surface area contributed by atoms with Crippen molar-refractivity contribution in [2.45, 2.75) is 18.9 Å². The van der Waals surface area contributed by atoms with Crippen LogP contribution < -0.4 is 5.32 Å². The highest BCUT2D eigenvalue weighted by Crippen LogP contribution is 2.27. The number of phenolic OH excluding ortho intramolecular Hbond substituents is 2. The molecule has 23 heavy (non-hydrogen) atoms. The summed E-state index contributed by atoms with van der Waals surface area (Å²) in [5, 5.41) is 54.3. The first-order chi connectivity index (χ1) is 10.8. The van der Waals surface area contributed by atoms with Crippen LogP contribution in [0.15, 0.2) is 18.2 Å². The molecule has 0 saturated heterocycles. The minimum Gasteiger partial charge on any atom is -0.504 e. The van der Waals surface area contributed by atoms with E-state index in [9.17, 15) is 10.2 Å². The Kier molecular flexibility index (Phi) is 9.50. The van der Waals surface area contributed by atoms with Crippen molar-refractivity contribution < 1.29 is 35.1 Å². The lowest BCUT2D eigenvalue weighted by Gasteiger charge is -2.12. The van der Waals surface area contributed by atoms with Crippen molar-refractivity contribution in [3.05, 3.63) is 23.8 Å². The van der Waals surface area contributed by atoms with Gasteiger partial charge >= 0.3 is 11.9 Å². The Bertz CT molecular complexity index is 557. The Hall–Kier alpha value is -2.83. The van der Waals surface area contributed by atoms with E-state index in [0.717, 1.165) is 6.42 Å². The molecule has 0 radical (unpaired) electrons. The Morgan fingerprint density at radius 1 is 1.17 bits per heavy atom. The molecule has 126 valence electrons. The lowest BCUT2D eigenvalue weighted by Crippen LogP contribution is -2.22. The summed E-state index contributed by atoms with van der Waals surface area (Å²) in [5.41, 5.74) is 0.535. The summed E-state index contributed by atoms with van der Waals surface area (Å²) in [6.07, 6.45) is 0.483. The number of aliphatic carboxylic acids is 2. The number of unbranched alkanes of at least 4 members (excludes halogenated alkanes) is 1. The second-order valence-electron chi connectivity index (χ2n) is 4.34. The van der Waals surface area contributed by atoms with E-state index in [0.29, 0.717) is 25.1 Å². The number of aromatic hydroxyl groups is 2. The second-order valence-corrected chi connectivity index (χ2v) is 4.34. The van der Waals surface area contributed by atoms with Gasteiger partial charge in [0.1, 0.15) is 0 Å². The summed E-state index contributed by atoms with van der Waals surface area (Å²) in [7, 11) is 0. The third kappa shape index (κ3) is 8.92. The zero-order valence-corrected chi connectivity index (χ0v) is 12.1. The molecule has 9 nitrogen and oxygen atoms in total. The third-order valence-electron chi connectivity index (χ3n) is 2.55. The molecule has 1 aromatic carbocycles. The first-order valence-electron chi connectivity index (χ1n) is 6.53. The Balaban J connectivity index is 0.000000688. The molecule has 0 aliphatic rings. The van der Waals surface area contributed by atoms with Gasteiger partial charge in [-0.05, 0) is 30.7 Å². The van der Waals surface area contributed by atoms with Crippen LogP contribution in [-0.2, 0) is 9.59 Å². The first kappa shape index (κ1) is 20.2. The molecule has 0 aliphatic carbocycles. The van der Waals surface area contributed by atoms with E-state index in [1.807, 2.05) is 6.07 Å². The number of aliphatic hydroxyl groups excluding tert-OH is 1. The maximum atomic E-state index is 9.77. The molecule has 0 heterocycles. The fourth-order valence-electron chi connectivity index (χ4n) is 1.40. The average molecular weight is 326 g/mol. The van der Waals surface area contributed by atoms with Gasteiger partial charge in [-0.25, -0.2) is 9.59 Å². The second kappa shape index (κ2) is 10.8. The number of nitriles is 1. The quantitative estimate of drug-likeness (QED) is 0.242. The summed E-state index contributed by atoms with van der Waals surface area (Å²) in [4.78, 5) is 18.2. The number of rotatable bonds is 6. The van der Waals surface area contributed by atoms with E-state index < -0.39 is 18.0 Å². The van der Waals surface area contributed by atoms with Gasteiger partial charge in [-0.15, -0.1) is 0 Å². The van der Waals surface area contributed by atoms with Crippen molar-refractivity contribution in [1.29, 1.82) is 5.26 Å². The van der Waals surface area contributed by atoms with Crippen molar-refractivity contribution in [1.82, 2.24) is 5.32 Å². The molecule has 1 atom stereocenters. The number of nitrogens with zero attached hydrogens (tertiary/aromatic N) is 1. The summed E-state index contributed by atoms with van der Waals surface area (Å²) < 4.78 is 0. The van der Waals surface area contributed by atoms with Crippen molar-refractivity contribution in [3.8, 4) is 17.6 Å². The van der Waals surface area contributed by atoms with E-state index in [-0.39, 0.29) is 11.5 Å². The van der Waals surface area contributed by atoms with Gasteiger partial charge in [0.15, 0.2) is 11.5 Å².